The lowest BCUT2D eigenvalue weighted by Gasteiger charge is -2.18. The zero-order chi connectivity index (χ0) is 17.5. The van der Waals surface area contributed by atoms with Gasteiger partial charge in [0.2, 0.25) is 5.95 Å². The van der Waals surface area contributed by atoms with E-state index in [4.69, 9.17) is 4.74 Å². The highest BCUT2D eigenvalue weighted by Crippen LogP contribution is 2.27. The van der Waals surface area contributed by atoms with E-state index in [1.807, 2.05) is 44.2 Å². The predicted molar refractivity (Wildman–Crippen MR) is 103 cm³/mol. The highest BCUT2D eigenvalue weighted by Gasteiger charge is 2.13. The van der Waals surface area contributed by atoms with E-state index in [-0.39, 0.29) is 6.10 Å². The number of rotatable bonds is 6. The fourth-order valence-corrected chi connectivity index (χ4v) is 3.18. The first-order valence-corrected chi connectivity index (χ1v) is 9.33. The zero-order valence-corrected chi connectivity index (χ0v) is 15.2. The van der Waals surface area contributed by atoms with E-state index in [0.717, 1.165) is 17.3 Å². The van der Waals surface area contributed by atoms with E-state index in [2.05, 4.69) is 20.6 Å². The van der Waals surface area contributed by atoms with Gasteiger partial charge in [0.1, 0.15) is 11.6 Å². The van der Waals surface area contributed by atoms with Crippen molar-refractivity contribution in [3.63, 3.8) is 0 Å². The zero-order valence-electron chi connectivity index (χ0n) is 15.2. The van der Waals surface area contributed by atoms with Crippen LogP contribution in [-0.4, -0.2) is 22.1 Å². The van der Waals surface area contributed by atoms with Gasteiger partial charge in [-0.05, 0) is 44.9 Å². The molecule has 5 heteroatoms. The molecule has 1 aromatic carbocycles. The Morgan fingerprint density at radius 1 is 1.04 bits per heavy atom. The minimum Gasteiger partial charge on any atom is -0.489 e. The summed E-state index contributed by atoms with van der Waals surface area (Å²) in [4.78, 5) is 8.97. The van der Waals surface area contributed by atoms with Crippen molar-refractivity contribution < 1.29 is 4.74 Å². The summed E-state index contributed by atoms with van der Waals surface area (Å²) >= 11 is 0. The van der Waals surface area contributed by atoms with Gasteiger partial charge < -0.3 is 15.4 Å². The Morgan fingerprint density at radius 2 is 1.80 bits per heavy atom. The second-order valence-electron chi connectivity index (χ2n) is 6.89. The monoisotopic (exact) mass is 340 g/mol. The van der Waals surface area contributed by atoms with Crippen molar-refractivity contribution >= 4 is 17.5 Å². The van der Waals surface area contributed by atoms with Crippen LogP contribution in [0.5, 0.6) is 5.75 Å². The third-order valence-corrected chi connectivity index (χ3v) is 4.36. The standard InChI is InChI=1S/C20H28N4O/c1-15(2)25-18-12-8-7-11-17(18)23-20-21-14-13-19(24-20)22-16-9-5-3-4-6-10-16/h7-8,11-16H,3-6,9-10H2,1-2H3,(H2,21,22,23,24). The lowest BCUT2D eigenvalue weighted by molar-refractivity contribution is 0.244. The number of anilines is 3. The van der Waals surface area contributed by atoms with Crippen LogP contribution in [0.15, 0.2) is 36.5 Å². The molecule has 1 aliphatic carbocycles. The maximum Gasteiger partial charge on any atom is 0.229 e. The Morgan fingerprint density at radius 3 is 2.56 bits per heavy atom. The van der Waals surface area contributed by atoms with Crippen LogP contribution in [0.1, 0.15) is 52.4 Å². The second-order valence-corrected chi connectivity index (χ2v) is 6.89. The maximum atomic E-state index is 5.85. The van der Waals surface area contributed by atoms with Gasteiger partial charge in [-0.3, -0.25) is 0 Å². The molecule has 1 aromatic heterocycles. The third-order valence-electron chi connectivity index (χ3n) is 4.36. The molecule has 1 fully saturated rings. The van der Waals surface area contributed by atoms with Gasteiger partial charge in [-0.1, -0.05) is 37.8 Å². The Hall–Kier alpha value is -2.30. The number of benzene rings is 1. The first kappa shape index (κ1) is 17.5. The number of hydrogen-bond donors (Lipinski definition) is 2. The summed E-state index contributed by atoms with van der Waals surface area (Å²) < 4.78 is 5.85. The minimum atomic E-state index is 0.118. The van der Waals surface area contributed by atoms with Crippen molar-refractivity contribution in [2.45, 2.75) is 64.5 Å². The molecular formula is C20H28N4O. The number of hydrogen-bond acceptors (Lipinski definition) is 5. The number of ether oxygens (including phenoxy) is 1. The highest BCUT2D eigenvalue weighted by molar-refractivity contribution is 5.63. The van der Waals surface area contributed by atoms with Crippen molar-refractivity contribution in [3.05, 3.63) is 36.5 Å². The summed E-state index contributed by atoms with van der Waals surface area (Å²) in [6.45, 7) is 4.04. The quantitative estimate of drug-likeness (QED) is 0.713. The summed E-state index contributed by atoms with van der Waals surface area (Å²) in [6, 6.07) is 10.3. The summed E-state index contributed by atoms with van der Waals surface area (Å²) in [5.41, 5.74) is 0.878. The first-order valence-electron chi connectivity index (χ1n) is 9.33. The summed E-state index contributed by atoms with van der Waals surface area (Å²) in [7, 11) is 0. The van der Waals surface area contributed by atoms with Crippen molar-refractivity contribution in [2.24, 2.45) is 0 Å². The van der Waals surface area contributed by atoms with Crippen molar-refractivity contribution in [1.29, 1.82) is 0 Å². The number of aromatic nitrogens is 2. The molecule has 0 radical (unpaired) electrons. The van der Waals surface area contributed by atoms with E-state index in [1.54, 1.807) is 6.20 Å². The number of nitrogens with zero attached hydrogens (tertiary/aromatic N) is 2. The summed E-state index contributed by atoms with van der Waals surface area (Å²) in [6.07, 6.45) is 9.65. The van der Waals surface area contributed by atoms with E-state index in [0.29, 0.717) is 12.0 Å². The van der Waals surface area contributed by atoms with E-state index >= 15 is 0 Å². The van der Waals surface area contributed by atoms with Crippen LogP contribution in [0.3, 0.4) is 0 Å². The number of nitrogens with one attached hydrogen (secondary N) is 2. The molecule has 0 amide bonds. The van der Waals surface area contributed by atoms with Crippen molar-refractivity contribution in [2.75, 3.05) is 10.6 Å². The van der Waals surface area contributed by atoms with Crippen LogP contribution in [0.25, 0.3) is 0 Å². The SMILES string of the molecule is CC(C)Oc1ccccc1Nc1nccc(NC2CCCCCC2)n1. The molecule has 2 aromatic rings. The molecule has 1 aliphatic rings. The Bertz CT molecular complexity index is 666. The molecule has 0 bridgehead atoms. The lowest BCUT2D eigenvalue weighted by atomic mass is 10.1. The molecule has 2 N–H and O–H groups in total. The smallest absolute Gasteiger partial charge is 0.229 e. The van der Waals surface area contributed by atoms with Gasteiger partial charge in [0, 0.05) is 12.2 Å². The van der Waals surface area contributed by atoms with Crippen LogP contribution in [0.2, 0.25) is 0 Å². The van der Waals surface area contributed by atoms with E-state index in [9.17, 15) is 0 Å². The topological polar surface area (TPSA) is 59.1 Å². The van der Waals surface area contributed by atoms with Crippen LogP contribution < -0.4 is 15.4 Å². The van der Waals surface area contributed by atoms with Crippen molar-refractivity contribution in [3.8, 4) is 5.75 Å². The van der Waals surface area contributed by atoms with Gasteiger partial charge in [-0.25, -0.2) is 4.98 Å². The van der Waals surface area contributed by atoms with Gasteiger partial charge in [0.15, 0.2) is 0 Å². The molecule has 0 atom stereocenters. The van der Waals surface area contributed by atoms with Crippen LogP contribution in [0, 0.1) is 0 Å². The van der Waals surface area contributed by atoms with E-state index in [1.165, 1.54) is 38.5 Å². The number of para-hydroxylation sites is 2. The normalized spacial score (nSPS) is 15.6. The molecule has 0 saturated heterocycles. The molecular weight excluding hydrogens is 312 g/mol. The third kappa shape index (κ3) is 5.34. The van der Waals surface area contributed by atoms with Crippen molar-refractivity contribution in [1.82, 2.24) is 9.97 Å². The summed E-state index contributed by atoms with van der Waals surface area (Å²) in [5, 5.41) is 6.85. The molecule has 134 valence electrons. The van der Waals surface area contributed by atoms with Crippen LogP contribution in [-0.2, 0) is 0 Å². The predicted octanol–water partition coefficient (Wildman–Crippen LogP) is 5.14. The van der Waals surface area contributed by atoms with Crippen LogP contribution in [0.4, 0.5) is 17.5 Å². The Balaban J connectivity index is 1.69. The molecule has 5 nitrogen and oxygen atoms in total. The van der Waals surface area contributed by atoms with Gasteiger partial charge >= 0.3 is 0 Å². The van der Waals surface area contributed by atoms with Gasteiger partial charge in [-0.2, -0.15) is 4.98 Å². The summed E-state index contributed by atoms with van der Waals surface area (Å²) in [5.74, 6) is 2.27. The molecule has 3 rings (SSSR count). The Labute approximate surface area is 150 Å². The molecule has 0 aliphatic heterocycles. The van der Waals surface area contributed by atoms with Gasteiger partial charge in [0.05, 0.1) is 11.8 Å². The largest absolute Gasteiger partial charge is 0.489 e. The van der Waals surface area contributed by atoms with Gasteiger partial charge in [0.25, 0.3) is 0 Å². The van der Waals surface area contributed by atoms with E-state index < -0.39 is 0 Å². The van der Waals surface area contributed by atoms with Crippen LogP contribution >= 0.6 is 0 Å². The molecule has 25 heavy (non-hydrogen) atoms. The fraction of sp³-hybridized carbons (Fsp3) is 0.500. The highest BCUT2D eigenvalue weighted by atomic mass is 16.5. The van der Waals surface area contributed by atoms with Gasteiger partial charge in [-0.15, -0.1) is 0 Å². The molecule has 0 spiro atoms. The molecule has 1 saturated carbocycles. The average molecular weight is 340 g/mol. The Kier molecular flexibility index (Phi) is 6.09. The minimum absolute atomic E-state index is 0.118. The first-order chi connectivity index (χ1) is 12.2. The fourth-order valence-electron chi connectivity index (χ4n) is 3.18. The maximum absolute atomic E-state index is 5.85. The average Bonchev–Trinajstić information content (AvgIpc) is 2.85. The molecule has 1 heterocycles. The second kappa shape index (κ2) is 8.70. The molecule has 0 unspecified atom stereocenters. The lowest BCUT2D eigenvalue weighted by Crippen LogP contribution is -2.19.